The number of cyclic esters (lactones) is 1. The van der Waals surface area contributed by atoms with E-state index in [4.69, 9.17) is 4.74 Å². The first kappa shape index (κ1) is 16.3. The van der Waals surface area contributed by atoms with E-state index in [2.05, 4.69) is 5.32 Å². The number of rotatable bonds is 3. The normalized spacial score (nSPS) is 20.6. The molecule has 0 saturated carbocycles. The molecule has 0 spiro atoms. The van der Waals surface area contributed by atoms with Crippen molar-refractivity contribution in [1.29, 1.82) is 0 Å². The maximum absolute atomic E-state index is 13.0. The van der Waals surface area contributed by atoms with Gasteiger partial charge in [-0.2, -0.15) is 13.2 Å². The summed E-state index contributed by atoms with van der Waals surface area (Å²) in [5.74, 6) is -0.371. The van der Waals surface area contributed by atoms with Gasteiger partial charge in [-0.25, -0.2) is 9.18 Å². The van der Waals surface area contributed by atoms with Crippen molar-refractivity contribution in [2.75, 3.05) is 0 Å². The molecular weight excluding hydrogens is 326 g/mol. The van der Waals surface area contributed by atoms with Crippen LogP contribution in [0.2, 0.25) is 0 Å². The molecule has 1 amide bonds. The van der Waals surface area contributed by atoms with Crippen molar-refractivity contribution in [3.8, 4) is 0 Å². The summed E-state index contributed by atoms with van der Waals surface area (Å²) in [7, 11) is 0. The van der Waals surface area contributed by atoms with Gasteiger partial charge in [0.15, 0.2) is 0 Å². The summed E-state index contributed by atoms with van der Waals surface area (Å²) in [6.07, 6.45) is -5.38. The highest BCUT2D eigenvalue weighted by atomic mass is 19.4. The van der Waals surface area contributed by atoms with Crippen LogP contribution < -0.4 is 5.32 Å². The van der Waals surface area contributed by atoms with Crippen molar-refractivity contribution in [3.63, 3.8) is 0 Å². The minimum Gasteiger partial charge on any atom is -0.439 e. The zero-order valence-electron chi connectivity index (χ0n) is 12.3. The van der Waals surface area contributed by atoms with Crippen LogP contribution in [0.1, 0.15) is 22.8 Å². The van der Waals surface area contributed by atoms with Gasteiger partial charge in [0.1, 0.15) is 11.9 Å². The lowest BCUT2D eigenvalue weighted by molar-refractivity contribution is -0.137. The Balaban J connectivity index is 1.80. The Morgan fingerprint density at radius 3 is 2.21 bits per heavy atom. The summed E-state index contributed by atoms with van der Waals surface area (Å²) in [6, 6.07) is 9.84. The van der Waals surface area contributed by atoms with E-state index in [1.54, 1.807) is 12.1 Å². The van der Waals surface area contributed by atoms with E-state index in [0.717, 1.165) is 17.7 Å². The molecule has 0 bridgehead atoms. The zero-order valence-corrected chi connectivity index (χ0v) is 12.3. The summed E-state index contributed by atoms with van der Waals surface area (Å²) in [4.78, 5) is 11.5. The van der Waals surface area contributed by atoms with Crippen LogP contribution in [-0.2, 0) is 17.3 Å². The molecule has 2 unspecified atom stereocenters. The minimum absolute atomic E-state index is 0.371. The Bertz CT molecular complexity index is 726. The van der Waals surface area contributed by atoms with Gasteiger partial charge in [0.2, 0.25) is 0 Å². The topological polar surface area (TPSA) is 38.3 Å². The molecule has 0 aliphatic carbocycles. The highest BCUT2D eigenvalue weighted by molar-refractivity contribution is 5.70. The lowest BCUT2D eigenvalue weighted by Gasteiger charge is -2.18. The standard InChI is InChI=1S/C17H13F4NO2/c18-13-7-1-10(2-8-13)9-14-15(24-16(23)22-14)11-3-5-12(6-4-11)17(19,20)21/h1-8,14-15H,9H2,(H,22,23). The average molecular weight is 339 g/mol. The second-order valence-corrected chi connectivity index (χ2v) is 5.53. The molecule has 1 N–H and O–H groups in total. The second-order valence-electron chi connectivity index (χ2n) is 5.53. The van der Waals surface area contributed by atoms with Gasteiger partial charge in [0, 0.05) is 0 Å². The fourth-order valence-corrected chi connectivity index (χ4v) is 2.65. The molecule has 3 rings (SSSR count). The molecule has 1 aliphatic rings. The van der Waals surface area contributed by atoms with Crippen molar-refractivity contribution < 1.29 is 27.1 Å². The first-order valence-corrected chi connectivity index (χ1v) is 7.22. The summed E-state index contributed by atoms with van der Waals surface area (Å²) in [5, 5.41) is 2.63. The van der Waals surface area contributed by atoms with Crippen molar-refractivity contribution >= 4 is 6.09 Å². The summed E-state index contributed by atoms with van der Waals surface area (Å²) in [5.41, 5.74) is 0.483. The zero-order chi connectivity index (χ0) is 17.3. The van der Waals surface area contributed by atoms with E-state index in [1.807, 2.05) is 0 Å². The predicted molar refractivity (Wildman–Crippen MR) is 77.7 cm³/mol. The quantitative estimate of drug-likeness (QED) is 0.850. The highest BCUT2D eigenvalue weighted by Crippen LogP contribution is 2.33. The van der Waals surface area contributed by atoms with Crippen LogP contribution in [0, 0.1) is 5.82 Å². The number of halogens is 4. The molecule has 1 fully saturated rings. The monoisotopic (exact) mass is 339 g/mol. The number of alkyl carbamates (subject to hydrolysis) is 1. The van der Waals surface area contributed by atoms with Crippen molar-refractivity contribution in [1.82, 2.24) is 5.32 Å². The average Bonchev–Trinajstić information content (AvgIpc) is 2.89. The number of carbonyl (C=O) groups excluding carboxylic acids is 1. The third-order valence-electron chi connectivity index (χ3n) is 3.84. The fourth-order valence-electron chi connectivity index (χ4n) is 2.65. The molecule has 24 heavy (non-hydrogen) atoms. The number of ether oxygens (including phenoxy) is 1. The fraction of sp³-hybridized carbons (Fsp3) is 0.235. The van der Waals surface area contributed by atoms with E-state index in [1.165, 1.54) is 24.3 Å². The number of hydrogen-bond donors (Lipinski definition) is 1. The first-order valence-electron chi connectivity index (χ1n) is 7.22. The number of nitrogens with one attached hydrogen (secondary N) is 1. The highest BCUT2D eigenvalue weighted by Gasteiger charge is 2.36. The molecule has 1 aliphatic heterocycles. The summed E-state index contributed by atoms with van der Waals surface area (Å²) in [6.45, 7) is 0. The van der Waals surface area contributed by atoms with Crippen LogP contribution in [0.15, 0.2) is 48.5 Å². The van der Waals surface area contributed by atoms with E-state index >= 15 is 0 Å². The maximum atomic E-state index is 13.0. The lowest BCUT2D eigenvalue weighted by Crippen LogP contribution is -2.30. The Morgan fingerprint density at radius 2 is 1.62 bits per heavy atom. The Kier molecular flexibility index (Phi) is 4.17. The molecule has 7 heteroatoms. The van der Waals surface area contributed by atoms with Gasteiger partial charge >= 0.3 is 12.3 Å². The van der Waals surface area contributed by atoms with Gasteiger partial charge in [-0.05, 0) is 41.8 Å². The number of alkyl halides is 3. The van der Waals surface area contributed by atoms with Crippen molar-refractivity contribution in [2.45, 2.75) is 24.7 Å². The van der Waals surface area contributed by atoms with Crippen LogP contribution >= 0.6 is 0 Å². The van der Waals surface area contributed by atoms with E-state index in [9.17, 15) is 22.4 Å². The molecule has 0 radical (unpaired) electrons. The lowest BCUT2D eigenvalue weighted by atomic mass is 9.96. The van der Waals surface area contributed by atoms with E-state index < -0.39 is 30.0 Å². The molecular formula is C17H13F4NO2. The molecule has 3 nitrogen and oxygen atoms in total. The summed E-state index contributed by atoms with van der Waals surface area (Å²) >= 11 is 0. The van der Waals surface area contributed by atoms with Gasteiger partial charge < -0.3 is 10.1 Å². The first-order chi connectivity index (χ1) is 11.3. The van der Waals surface area contributed by atoms with Crippen molar-refractivity contribution in [3.05, 3.63) is 71.0 Å². The Labute approximate surface area is 135 Å². The molecule has 2 atom stereocenters. The number of hydrogen-bond acceptors (Lipinski definition) is 2. The van der Waals surface area contributed by atoms with Gasteiger partial charge in [-0.3, -0.25) is 0 Å². The van der Waals surface area contributed by atoms with Gasteiger partial charge in [-0.15, -0.1) is 0 Å². The smallest absolute Gasteiger partial charge is 0.416 e. The van der Waals surface area contributed by atoms with E-state index in [-0.39, 0.29) is 5.82 Å². The van der Waals surface area contributed by atoms with Crippen LogP contribution in [-0.4, -0.2) is 12.1 Å². The number of carbonyl (C=O) groups is 1. The Hall–Kier alpha value is -2.57. The molecule has 1 saturated heterocycles. The third kappa shape index (κ3) is 3.50. The SMILES string of the molecule is O=C1NC(Cc2ccc(F)cc2)C(c2ccc(C(F)(F)F)cc2)O1. The minimum atomic E-state index is -4.42. The maximum Gasteiger partial charge on any atom is 0.416 e. The second kappa shape index (κ2) is 6.14. The summed E-state index contributed by atoms with van der Waals surface area (Å²) < 4.78 is 56.0. The third-order valence-corrected chi connectivity index (χ3v) is 3.84. The molecule has 1 heterocycles. The predicted octanol–water partition coefficient (Wildman–Crippen LogP) is 4.24. The van der Waals surface area contributed by atoms with Gasteiger partial charge in [-0.1, -0.05) is 24.3 Å². The van der Waals surface area contributed by atoms with Crippen LogP contribution in [0.25, 0.3) is 0 Å². The largest absolute Gasteiger partial charge is 0.439 e. The van der Waals surface area contributed by atoms with Gasteiger partial charge in [0.05, 0.1) is 11.6 Å². The molecule has 126 valence electrons. The van der Waals surface area contributed by atoms with E-state index in [0.29, 0.717) is 12.0 Å². The molecule has 0 aromatic heterocycles. The Morgan fingerprint density at radius 1 is 1.00 bits per heavy atom. The molecule has 2 aromatic carbocycles. The number of amides is 1. The van der Waals surface area contributed by atoms with Crippen LogP contribution in [0.4, 0.5) is 22.4 Å². The van der Waals surface area contributed by atoms with Crippen molar-refractivity contribution in [2.24, 2.45) is 0 Å². The van der Waals surface area contributed by atoms with Crippen LogP contribution in [0.5, 0.6) is 0 Å². The van der Waals surface area contributed by atoms with Crippen LogP contribution in [0.3, 0.4) is 0 Å². The molecule has 2 aromatic rings. The number of benzene rings is 2. The van der Waals surface area contributed by atoms with Gasteiger partial charge in [0.25, 0.3) is 0 Å².